The standard InChI is InChI=1S/C22H32O/c1-4-5-9-14-22-15-19(23)20(16(2)3)21(22)18(22)13-12-17-10-7-6-8-11-17/h6-8,10-11,15-16,18,20-21,23H,4-5,9,12-14H2,1-3H3/t18-,20-,21+,22+/m0/s1. The molecule has 1 fully saturated rings. The second-order valence-corrected chi connectivity index (χ2v) is 8.07. The topological polar surface area (TPSA) is 20.2 Å². The number of benzene rings is 1. The largest absolute Gasteiger partial charge is 0.512 e. The summed E-state index contributed by atoms with van der Waals surface area (Å²) < 4.78 is 0. The van der Waals surface area contributed by atoms with Crippen molar-refractivity contribution in [2.45, 2.75) is 59.3 Å². The lowest BCUT2D eigenvalue weighted by Crippen LogP contribution is -2.13. The molecule has 0 aromatic heterocycles. The molecule has 1 nitrogen and oxygen atoms in total. The Morgan fingerprint density at radius 1 is 1.13 bits per heavy atom. The number of rotatable bonds is 8. The molecule has 1 saturated carbocycles. The summed E-state index contributed by atoms with van der Waals surface area (Å²) in [5.74, 6) is 3.12. The van der Waals surface area contributed by atoms with Crippen LogP contribution >= 0.6 is 0 Å². The lowest BCUT2D eigenvalue weighted by molar-refractivity contribution is 0.257. The average Bonchev–Trinajstić information content (AvgIpc) is 2.99. The normalized spacial score (nSPS) is 32.0. The van der Waals surface area contributed by atoms with Crippen LogP contribution in [0, 0.1) is 29.1 Å². The fourth-order valence-electron chi connectivity index (χ4n) is 5.19. The van der Waals surface area contributed by atoms with Crippen LogP contribution in [0.15, 0.2) is 42.2 Å². The number of unbranched alkanes of at least 4 members (excludes halogenated alkanes) is 2. The number of aliphatic hydroxyl groups is 1. The third-order valence-electron chi connectivity index (χ3n) is 6.30. The zero-order valence-electron chi connectivity index (χ0n) is 15.0. The van der Waals surface area contributed by atoms with E-state index in [2.05, 4.69) is 57.2 Å². The van der Waals surface area contributed by atoms with Crippen LogP contribution in [0.3, 0.4) is 0 Å². The SMILES string of the molecule is CCCCC[C@]12C=C(O)[C@H](C(C)C)[C@H]1[C@@H]2CCc1ccccc1. The van der Waals surface area contributed by atoms with Crippen molar-refractivity contribution in [2.75, 3.05) is 0 Å². The third-order valence-corrected chi connectivity index (χ3v) is 6.30. The van der Waals surface area contributed by atoms with Gasteiger partial charge in [-0.25, -0.2) is 0 Å². The van der Waals surface area contributed by atoms with Crippen LogP contribution in [0.4, 0.5) is 0 Å². The molecule has 1 N–H and O–H groups in total. The first-order valence-electron chi connectivity index (χ1n) is 9.55. The van der Waals surface area contributed by atoms with E-state index < -0.39 is 0 Å². The van der Waals surface area contributed by atoms with Gasteiger partial charge in [0, 0.05) is 5.92 Å². The lowest BCUT2D eigenvalue weighted by Gasteiger charge is -2.18. The lowest BCUT2D eigenvalue weighted by atomic mass is 9.89. The molecule has 126 valence electrons. The molecule has 2 aliphatic rings. The molecular weight excluding hydrogens is 280 g/mol. The summed E-state index contributed by atoms with van der Waals surface area (Å²) in [6, 6.07) is 10.9. The first-order valence-corrected chi connectivity index (χ1v) is 9.55. The van der Waals surface area contributed by atoms with Crippen LogP contribution in [0.25, 0.3) is 0 Å². The first kappa shape index (κ1) is 16.6. The van der Waals surface area contributed by atoms with E-state index in [1.165, 1.54) is 44.1 Å². The minimum absolute atomic E-state index is 0.322. The molecular formula is C22H32O. The Balaban J connectivity index is 1.69. The molecule has 0 saturated heterocycles. The molecule has 1 aromatic carbocycles. The highest BCUT2D eigenvalue weighted by atomic mass is 16.3. The molecule has 1 heteroatoms. The summed E-state index contributed by atoms with van der Waals surface area (Å²) in [6.07, 6.45) is 9.90. The van der Waals surface area contributed by atoms with Gasteiger partial charge in [0.05, 0.1) is 5.76 Å². The molecule has 3 rings (SSSR count). The second-order valence-electron chi connectivity index (χ2n) is 8.07. The van der Waals surface area contributed by atoms with E-state index in [-0.39, 0.29) is 0 Å². The van der Waals surface area contributed by atoms with Gasteiger partial charge in [0.2, 0.25) is 0 Å². The third kappa shape index (κ3) is 3.07. The van der Waals surface area contributed by atoms with Crippen LogP contribution in [0.5, 0.6) is 0 Å². The number of allylic oxidation sites excluding steroid dienone is 2. The molecule has 0 radical (unpaired) electrons. The second kappa shape index (κ2) is 6.71. The van der Waals surface area contributed by atoms with Crippen molar-refractivity contribution in [3.05, 3.63) is 47.7 Å². The summed E-state index contributed by atoms with van der Waals surface area (Å²) in [6.45, 7) is 6.81. The van der Waals surface area contributed by atoms with Crippen LogP contribution in [-0.4, -0.2) is 5.11 Å². The molecule has 23 heavy (non-hydrogen) atoms. The monoisotopic (exact) mass is 312 g/mol. The highest BCUT2D eigenvalue weighted by Crippen LogP contribution is 2.73. The van der Waals surface area contributed by atoms with Gasteiger partial charge in [-0.2, -0.15) is 0 Å². The van der Waals surface area contributed by atoms with Crippen molar-refractivity contribution < 1.29 is 5.11 Å². The molecule has 0 heterocycles. The van der Waals surface area contributed by atoms with Gasteiger partial charge in [0.15, 0.2) is 0 Å². The first-order chi connectivity index (χ1) is 11.1. The summed E-state index contributed by atoms with van der Waals surface area (Å²) in [5.41, 5.74) is 1.78. The van der Waals surface area contributed by atoms with Gasteiger partial charge in [-0.3, -0.25) is 0 Å². The van der Waals surface area contributed by atoms with E-state index in [1.54, 1.807) is 0 Å². The van der Waals surface area contributed by atoms with E-state index in [0.717, 1.165) is 5.92 Å². The molecule has 0 aliphatic heterocycles. The minimum Gasteiger partial charge on any atom is -0.512 e. The summed E-state index contributed by atoms with van der Waals surface area (Å²) in [4.78, 5) is 0. The number of aryl methyl sites for hydroxylation is 1. The summed E-state index contributed by atoms with van der Waals surface area (Å²) >= 11 is 0. The minimum atomic E-state index is 0.322. The maximum Gasteiger partial charge on any atom is 0.0925 e. The molecule has 0 spiro atoms. The smallest absolute Gasteiger partial charge is 0.0925 e. The zero-order chi connectivity index (χ0) is 16.4. The van der Waals surface area contributed by atoms with Gasteiger partial charge < -0.3 is 5.11 Å². The Morgan fingerprint density at radius 3 is 2.52 bits per heavy atom. The Morgan fingerprint density at radius 2 is 1.87 bits per heavy atom. The maximum atomic E-state index is 10.4. The van der Waals surface area contributed by atoms with Gasteiger partial charge in [-0.05, 0) is 54.1 Å². The van der Waals surface area contributed by atoms with E-state index in [4.69, 9.17) is 0 Å². The molecule has 0 amide bonds. The maximum absolute atomic E-state index is 10.4. The Hall–Kier alpha value is -1.24. The van der Waals surface area contributed by atoms with E-state index >= 15 is 0 Å². The number of fused-ring (bicyclic) bond motifs is 1. The van der Waals surface area contributed by atoms with E-state index in [9.17, 15) is 5.11 Å². The quantitative estimate of drug-likeness (QED) is 0.570. The van der Waals surface area contributed by atoms with Gasteiger partial charge in [-0.1, -0.05) is 70.4 Å². The summed E-state index contributed by atoms with van der Waals surface area (Å²) in [5, 5.41) is 10.4. The van der Waals surface area contributed by atoms with Gasteiger partial charge >= 0.3 is 0 Å². The molecule has 1 aromatic rings. The van der Waals surface area contributed by atoms with Gasteiger partial charge in [0.1, 0.15) is 0 Å². The van der Waals surface area contributed by atoms with Crippen molar-refractivity contribution in [2.24, 2.45) is 29.1 Å². The average molecular weight is 312 g/mol. The predicted molar refractivity (Wildman–Crippen MR) is 97.4 cm³/mol. The van der Waals surface area contributed by atoms with Crippen LogP contribution in [-0.2, 0) is 6.42 Å². The van der Waals surface area contributed by atoms with Crippen LogP contribution in [0.2, 0.25) is 0 Å². The molecule has 0 bridgehead atoms. The molecule has 0 unspecified atom stereocenters. The number of aliphatic hydroxyl groups excluding tert-OH is 1. The van der Waals surface area contributed by atoms with Crippen molar-refractivity contribution in [3.8, 4) is 0 Å². The van der Waals surface area contributed by atoms with Gasteiger partial charge in [0.25, 0.3) is 0 Å². The van der Waals surface area contributed by atoms with Crippen molar-refractivity contribution >= 4 is 0 Å². The molecule has 4 atom stereocenters. The molecule has 2 aliphatic carbocycles. The van der Waals surface area contributed by atoms with Crippen LogP contribution < -0.4 is 0 Å². The fraction of sp³-hybridized carbons (Fsp3) is 0.636. The van der Waals surface area contributed by atoms with Crippen molar-refractivity contribution in [1.82, 2.24) is 0 Å². The van der Waals surface area contributed by atoms with E-state index in [0.29, 0.717) is 28.9 Å². The Kier molecular flexibility index (Phi) is 4.85. The van der Waals surface area contributed by atoms with Crippen LogP contribution in [0.1, 0.15) is 58.4 Å². The number of hydrogen-bond acceptors (Lipinski definition) is 1. The van der Waals surface area contributed by atoms with Crippen molar-refractivity contribution in [3.63, 3.8) is 0 Å². The zero-order valence-corrected chi connectivity index (χ0v) is 15.0. The summed E-state index contributed by atoms with van der Waals surface area (Å²) in [7, 11) is 0. The highest BCUT2D eigenvalue weighted by Gasteiger charge is 2.68. The Bertz CT molecular complexity index is 544. The predicted octanol–water partition coefficient (Wildman–Crippen LogP) is 6.16. The Labute approximate surface area is 141 Å². The highest BCUT2D eigenvalue weighted by molar-refractivity contribution is 5.33. The van der Waals surface area contributed by atoms with E-state index in [1.807, 2.05) is 0 Å². The van der Waals surface area contributed by atoms with Gasteiger partial charge in [-0.15, -0.1) is 0 Å². The van der Waals surface area contributed by atoms with Crippen molar-refractivity contribution in [1.29, 1.82) is 0 Å². The number of hydrogen-bond donors (Lipinski definition) is 1. The fourth-order valence-corrected chi connectivity index (χ4v) is 5.19.